The number of furan rings is 1. The molecule has 2 aromatic heterocycles. The highest BCUT2D eigenvalue weighted by molar-refractivity contribution is 5.44. The summed E-state index contributed by atoms with van der Waals surface area (Å²) in [6.07, 6.45) is 4.69. The van der Waals surface area contributed by atoms with Crippen molar-refractivity contribution < 1.29 is 9.15 Å². The molecule has 0 bridgehead atoms. The second kappa shape index (κ2) is 4.14. The first-order valence-electron chi connectivity index (χ1n) is 4.94. The van der Waals surface area contributed by atoms with Gasteiger partial charge in [0.15, 0.2) is 0 Å². The summed E-state index contributed by atoms with van der Waals surface area (Å²) < 4.78 is 5.62. The summed E-state index contributed by atoms with van der Waals surface area (Å²) in [7, 11) is 0. The van der Waals surface area contributed by atoms with Crippen LogP contribution in [0.4, 0.5) is 11.5 Å². The van der Waals surface area contributed by atoms with Crippen molar-refractivity contribution >= 4 is 11.5 Å². The van der Waals surface area contributed by atoms with E-state index in [1.54, 1.807) is 24.7 Å². The predicted octanol–water partition coefficient (Wildman–Crippen LogP) is 1.67. The van der Waals surface area contributed by atoms with Gasteiger partial charge in [0.1, 0.15) is 6.20 Å². The van der Waals surface area contributed by atoms with E-state index < -0.39 is 0 Å². The van der Waals surface area contributed by atoms with Crippen LogP contribution in [-0.4, -0.2) is 0 Å². The van der Waals surface area contributed by atoms with Crippen LogP contribution in [0.3, 0.4) is 0 Å². The highest BCUT2D eigenvalue weighted by Crippen LogP contribution is 2.18. The molecule has 0 aliphatic carbocycles. The zero-order chi connectivity index (χ0) is 11.5. The first-order chi connectivity index (χ1) is 7.66. The molecule has 2 heterocycles. The van der Waals surface area contributed by atoms with Gasteiger partial charge in [-0.25, -0.2) is 4.73 Å². The van der Waals surface area contributed by atoms with E-state index in [0.29, 0.717) is 4.73 Å². The summed E-state index contributed by atoms with van der Waals surface area (Å²) in [5.74, 6) is 0.182. The molecule has 1 unspecified atom stereocenters. The minimum Gasteiger partial charge on any atom is -0.711 e. The Labute approximate surface area is 93.1 Å². The Morgan fingerprint density at radius 2 is 2.25 bits per heavy atom. The number of hydrogen-bond acceptors (Lipinski definition) is 4. The Morgan fingerprint density at radius 1 is 1.44 bits per heavy atom. The van der Waals surface area contributed by atoms with Gasteiger partial charge >= 0.3 is 0 Å². The summed E-state index contributed by atoms with van der Waals surface area (Å²) >= 11 is 0. The maximum atomic E-state index is 11.2. The first-order valence-corrected chi connectivity index (χ1v) is 4.94. The smallest absolute Gasteiger partial charge is 0.275 e. The minimum absolute atomic E-state index is 0.0716. The normalized spacial score (nSPS) is 12.3. The highest BCUT2D eigenvalue weighted by atomic mass is 16.5. The van der Waals surface area contributed by atoms with Crippen molar-refractivity contribution in [2.75, 3.05) is 11.1 Å². The van der Waals surface area contributed by atoms with Crippen LogP contribution in [0.1, 0.15) is 18.5 Å². The van der Waals surface area contributed by atoms with Gasteiger partial charge in [0.2, 0.25) is 0 Å². The van der Waals surface area contributed by atoms with Gasteiger partial charge in [-0.15, -0.1) is 0 Å². The van der Waals surface area contributed by atoms with Gasteiger partial charge in [-0.1, -0.05) is 0 Å². The van der Waals surface area contributed by atoms with Crippen LogP contribution in [0, 0.1) is 5.21 Å². The monoisotopic (exact) mass is 219 g/mol. The molecule has 0 saturated heterocycles. The van der Waals surface area contributed by atoms with E-state index in [4.69, 9.17) is 10.2 Å². The first kappa shape index (κ1) is 10.4. The Hall–Kier alpha value is -2.17. The molecular formula is C11H13N3O2. The number of nitrogens with one attached hydrogen (secondary N) is 1. The van der Waals surface area contributed by atoms with Crippen molar-refractivity contribution in [1.29, 1.82) is 0 Å². The second-order valence-corrected chi connectivity index (χ2v) is 3.59. The largest absolute Gasteiger partial charge is 0.711 e. The van der Waals surface area contributed by atoms with Crippen LogP contribution >= 0.6 is 0 Å². The molecule has 84 valence electrons. The van der Waals surface area contributed by atoms with Gasteiger partial charge in [0.25, 0.3) is 5.82 Å². The molecule has 1 atom stereocenters. The fraction of sp³-hybridized carbons (Fsp3) is 0.182. The van der Waals surface area contributed by atoms with Crippen molar-refractivity contribution in [3.63, 3.8) is 0 Å². The number of hydrogen-bond donors (Lipinski definition) is 2. The summed E-state index contributed by atoms with van der Waals surface area (Å²) in [6.45, 7) is 1.98. The molecular weight excluding hydrogens is 206 g/mol. The Balaban J connectivity index is 2.12. The lowest BCUT2D eigenvalue weighted by Crippen LogP contribution is -2.30. The number of pyridine rings is 1. The average molecular weight is 219 g/mol. The van der Waals surface area contributed by atoms with E-state index in [0.717, 1.165) is 11.3 Å². The predicted molar refractivity (Wildman–Crippen MR) is 60.6 cm³/mol. The van der Waals surface area contributed by atoms with Crippen molar-refractivity contribution in [3.05, 3.63) is 47.7 Å². The van der Waals surface area contributed by atoms with Crippen LogP contribution in [-0.2, 0) is 0 Å². The molecule has 3 N–H and O–H groups in total. The lowest BCUT2D eigenvalue weighted by atomic mass is 10.2. The number of rotatable bonds is 3. The van der Waals surface area contributed by atoms with Gasteiger partial charge in [-0.3, -0.25) is 5.73 Å². The molecule has 0 aromatic carbocycles. The summed E-state index contributed by atoms with van der Waals surface area (Å²) in [5.41, 5.74) is 7.16. The van der Waals surface area contributed by atoms with E-state index in [1.165, 1.54) is 6.20 Å². The Bertz CT molecular complexity index is 468. The quantitative estimate of drug-likeness (QED) is 0.608. The second-order valence-electron chi connectivity index (χ2n) is 3.59. The maximum Gasteiger partial charge on any atom is 0.275 e. The molecule has 0 radical (unpaired) electrons. The molecule has 2 rings (SSSR count). The molecule has 0 saturated carbocycles. The molecule has 5 nitrogen and oxygen atoms in total. The molecule has 16 heavy (non-hydrogen) atoms. The summed E-state index contributed by atoms with van der Waals surface area (Å²) in [4.78, 5) is 0. The summed E-state index contributed by atoms with van der Waals surface area (Å²) in [6, 6.07) is 5.28. The molecule has 0 aliphatic rings. The number of nitrogen functional groups attached to an aromatic ring is 1. The third-order valence-electron chi connectivity index (χ3n) is 2.37. The standard InChI is InChI=1S/C11H13N3O2/c1-8(9-4-5-16-7-9)13-10-2-3-11(12)14(15)6-10/h2-8,13H,12H2,1H3. The van der Waals surface area contributed by atoms with Crippen molar-refractivity contribution in [1.82, 2.24) is 0 Å². The van der Waals surface area contributed by atoms with Crippen LogP contribution in [0.2, 0.25) is 0 Å². The molecule has 0 amide bonds. The van der Waals surface area contributed by atoms with Crippen molar-refractivity contribution in [2.45, 2.75) is 13.0 Å². The van der Waals surface area contributed by atoms with Crippen LogP contribution < -0.4 is 15.8 Å². The lowest BCUT2D eigenvalue weighted by molar-refractivity contribution is -0.589. The van der Waals surface area contributed by atoms with E-state index in [1.807, 2.05) is 13.0 Å². The van der Waals surface area contributed by atoms with Crippen LogP contribution in [0.5, 0.6) is 0 Å². The molecule has 0 fully saturated rings. The number of anilines is 2. The zero-order valence-electron chi connectivity index (χ0n) is 8.88. The van der Waals surface area contributed by atoms with Gasteiger partial charge in [-0.05, 0) is 19.1 Å². The van der Waals surface area contributed by atoms with Gasteiger partial charge in [0, 0.05) is 11.6 Å². The maximum absolute atomic E-state index is 11.2. The van der Waals surface area contributed by atoms with Crippen LogP contribution in [0.25, 0.3) is 0 Å². The Morgan fingerprint density at radius 3 is 2.88 bits per heavy atom. The van der Waals surface area contributed by atoms with E-state index >= 15 is 0 Å². The highest BCUT2D eigenvalue weighted by Gasteiger charge is 2.07. The van der Waals surface area contributed by atoms with E-state index in [2.05, 4.69) is 5.32 Å². The number of aromatic nitrogens is 1. The lowest BCUT2D eigenvalue weighted by Gasteiger charge is -2.14. The zero-order valence-corrected chi connectivity index (χ0v) is 8.88. The van der Waals surface area contributed by atoms with Crippen molar-refractivity contribution in [2.24, 2.45) is 0 Å². The molecule has 0 spiro atoms. The van der Waals surface area contributed by atoms with E-state index in [-0.39, 0.29) is 11.9 Å². The number of nitrogens with zero attached hydrogens (tertiary/aromatic N) is 1. The fourth-order valence-corrected chi connectivity index (χ4v) is 1.43. The molecule has 2 aromatic rings. The molecule has 5 heteroatoms. The fourth-order valence-electron chi connectivity index (χ4n) is 1.43. The molecule has 0 aliphatic heterocycles. The topological polar surface area (TPSA) is 78.1 Å². The Kier molecular flexibility index (Phi) is 2.68. The summed E-state index contributed by atoms with van der Waals surface area (Å²) in [5, 5.41) is 14.4. The minimum atomic E-state index is 0.0716. The van der Waals surface area contributed by atoms with Gasteiger partial charge in [-0.2, -0.15) is 0 Å². The number of nitrogens with two attached hydrogens (primary N) is 1. The third-order valence-corrected chi connectivity index (χ3v) is 2.37. The third kappa shape index (κ3) is 2.08. The van der Waals surface area contributed by atoms with Gasteiger partial charge < -0.3 is 14.9 Å². The van der Waals surface area contributed by atoms with Gasteiger partial charge in [0.05, 0.1) is 24.3 Å². The SMILES string of the molecule is CC(Nc1ccc(N)[n+]([O-])c1)c1ccoc1. The van der Waals surface area contributed by atoms with E-state index in [9.17, 15) is 5.21 Å². The average Bonchev–Trinajstić information content (AvgIpc) is 2.77. The van der Waals surface area contributed by atoms with Crippen molar-refractivity contribution in [3.8, 4) is 0 Å². The van der Waals surface area contributed by atoms with Crippen LogP contribution in [0.15, 0.2) is 41.3 Å².